The summed E-state index contributed by atoms with van der Waals surface area (Å²) in [5.74, 6) is 0.480. The number of ether oxygens (including phenoxy) is 2. The van der Waals surface area contributed by atoms with Crippen molar-refractivity contribution in [1.82, 2.24) is 5.32 Å². The molecule has 1 amide bonds. The van der Waals surface area contributed by atoms with E-state index in [0.29, 0.717) is 37.4 Å². The van der Waals surface area contributed by atoms with Crippen LogP contribution >= 0.6 is 0 Å². The Bertz CT molecular complexity index is 812. The first-order valence-corrected chi connectivity index (χ1v) is 9.02. The highest BCUT2D eigenvalue weighted by Crippen LogP contribution is 2.36. The molecule has 0 saturated carbocycles. The van der Waals surface area contributed by atoms with Crippen LogP contribution in [-0.4, -0.2) is 26.2 Å². The van der Waals surface area contributed by atoms with Gasteiger partial charge in [-0.1, -0.05) is 24.3 Å². The van der Waals surface area contributed by atoms with Crippen LogP contribution in [0, 0.1) is 0 Å². The van der Waals surface area contributed by atoms with Gasteiger partial charge in [0.25, 0.3) is 0 Å². The molecule has 0 atom stereocenters. The molecular formula is C21H22F3NO3. The molecule has 4 nitrogen and oxygen atoms in total. The summed E-state index contributed by atoms with van der Waals surface area (Å²) in [5, 5.41) is 2.82. The standard InChI is InChI=1S/C21H22F3NO3/c1-27-18-7-5-16(6-8-18)20(9-11-28-12-10-20)19(26)25-14-15-3-2-4-17(13-15)21(22,23)24/h2-8,13H,9-12,14H2,1H3,(H,25,26). The highest BCUT2D eigenvalue weighted by Gasteiger charge is 2.41. The van der Waals surface area contributed by atoms with Crippen molar-refractivity contribution in [1.29, 1.82) is 0 Å². The zero-order valence-corrected chi connectivity index (χ0v) is 15.5. The van der Waals surface area contributed by atoms with Crippen molar-refractivity contribution in [3.05, 3.63) is 65.2 Å². The molecule has 150 valence electrons. The van der Waals surface area contributed by atoms with Crippen LogP contribution in [0.15, 0.2) is 48.5 Å². The molecule has 0 aromatic heterocycles. The van der Waals surface area contributed by atoms with E-state index in [1.807, 2.05) is 12.1 Å². The third-order valence-electron chi connectivity index (χ3n) is 5.13. The van der Waals surface area contributed by atoms with Crippen molar-refractivity contribution in [2.24, 2.45) is 0 Å². The van der Waals surface area contributed by atoms with Crippen LogP contribution in [0.2, 0.25) is 0 Å². The fourth-order valence-electron chi connectivity index (χ4n) is 3.49. The number of alkyl halides is 3. The number of amides is 1. The molecule has 28 heavy (non-hydrogen) atoms. The minimum absolute atomic E-state index is 0.0293. The molecule has 2 aromatic rings. The topological polar surface area (TPSA) is 47.6 Å². The molecule has 1 saturated heterocycles. The first kappa shape index (κ1) is 20.2. The number of rotatable bonds is 5. The molecule has 0 bridgehead atoms. The van der Waals surface area contributed by atoms with E-state index in [1.165, 1.54) is 6.07 Å². The third-order valence-corrected chi connectivity index (χ3v) is 5.13. The van der Waals surface area contributed by atoms with Gasteiger partial charge in [0.15, 0.2) is 0 Å². The number of carbonyl (C=O) groups is 1. The third kappa shape index (κ3) is 4.30. The average Bonchev–Trinajstić information content (AvgIpc) is 2.72. The second-order valence-corrected chi connectivity index (χ2v) is 6.80. The zero-order valence-electron chi connectivity index (χ0n) is 15.5. The highest BCUT2D eigenvalue weighted by molar-refractivity contribution is 5.88. The number of carbonyl (C=O) groups excluding carboxylic acids is 1. The van der Waals surface area contributed by atoms with E-state index in [9.17, 15) is 18.0 Å². The van der Waals surface area contributed by atoms with Gasteiger partial charge in [-0.05, 0) is 48.2 Å². The van der Waals surface area contributed by atoms with Gasteiger partial charge in [0, 0.05) is 19.8 Å². The van der Waals surface area contributed by atoms with Gasteiger partial charge in [-0.3, -0.25) is 4.79 Å². The van der Waals surface area contributed by atoms with Crippen LogP contribution in [0.5, 0.6) is 5.75 Å². The molecule has 1 N–H and O–H groups in total. The molecule has 0 spiro atoms. The van der Waals surface area contributed by atoms with E-state index in [2.05, 4.69) is 5.32 Å². The van der Waals surface area contributed by atoms with Gasteiger partial charge >= 0.3 is 6.18 Å². The number of methoxy groups -OCH3 is 1. The minimum atomic E-state index is -4.41. The first-order chi connectivity index (χ1) is 13.3. The van der Waals surface area contributed by atoms with Gasteiger partial charge in [0.1, 0.15) is 5.75 Å². The summed E-state index contributed by atoms with van der Waals surface area (Å²) in [6.45, 7) is 0.924. The fourth-order valence-corrected chi connectivity index (χ4v) is 3.49. The van der Waals surface area contributed by atoms with Crippen LogP contribution in [0.3, 0.4) is 0 Å². The summed E-state index contributed by atoms with van der Waals surface area (Å²) in [7, 11) is 1.57. The summed E-state index contributed by atoms with van der Waals surface area (Å²) in [6.07, 6.45) is -3.40. The summed E-state index contributed by atoms with van der Waals surface area (Å²) >= 11 is 0. The van der Waals surface area contributed by atoms with Gasteiger partial charge in [0.05, 0.1) is 18.1 Å². The predicted octanol–water partition coefficient (Wildman–Crippen LogP) is 4.08. The molecular weight excluding hydrogens is 371 g/mol. The molecule has 0 radical (unpaired) electrons. The lowest BCUT2D eigenvalue weighted by Crippen LogP contribution is -2.47. The largest absolute Gasteiger partial charge is 0.497 e. The summed E-state index contributed by atoms with van der Waals surface area (Å²) < 4.78 is 49.3. The van der Waals surface area contributed by atoms with Gasteiger partial charge in [-0.25, -0.2) is 0 Å². The first-order valence-electron chi connectivity index (χ1n) is 9.02. The molecule has 0 unspecified atom stereocenters. The Hall–Kier alpha value is -2.54. The quantitative estimate of drug-likeness (QED) is 0.833. The van der Waals surface area contributed by atoms with E-state index in [1.54, 1.807) is 25.3 Å². The Morgan fingerprint density at radius 3 is 2.43 bits per heavy atom. The minimum Gasteiger partial charge on any atom is -0.497 e. The van der Waals surface area contributed by atoms with Crippen molar-refractivity contribution in [2.75, 3.05) is 20.3 Å². The molecule has 2 aromatic carbocycles. The Balaban J connectivity index is 1.79. The van der Waals surface area contributed by atoms with Crippen molar-refractivity contribution >= 4 is 5.91 Å². The van der Waals surface area contributed by atoms with Crippen LogP contribution in [0.25, 0.3) is 0 Å². The number of nitrogens with one attached hydrogen (secondary N) is 1. The number of hydrogen-bond donors (Lipinski definition) is 1. The molecule has 3 rings (SSSR count). The second kappa shape index (κ2) is 8.22. The fraction of sp³-hybridized carbons (Fsp3) is 0.381. The average molecular weight is 393 g/mol. The maximum absolute atomic E-state index is 13.1. The van der Waals surface area contributed by atoms with Crippen LogP contribution < -0.4 is 10.1 Å². The Kier molecular flexibility index (Phi) is 5.93. The Morgan fingerprint density at radius 2 is 1.82 bits per heavy atom. The number of benzene rings is 2. The van der Waals surface area contributed by atoms with Gasteiger partial charge in [-0.15, -0.1) is 0 Å². The maximum Gasteiger partial charge on any atom is 0.416 e. The van der Waals surface area contributed by atoms with Crippen molar-refractivity contribution < 1.29 is 27.4 Å². The Labute approximate surface area is 161 Å². The summed E-state index contributed by atoms with van der Waals surface area (Å²) in [6, 6.07) is 12.3. The lowest BCUT2D eigenvalue weighted by Gasteiger charge is -2.36. The molecule has 1 heterocycles. The normalized spacial score (nSPS) is 16.4. The Morgan fingerprint density at radius 1 is 1.14 bits per heavy atom. The van der Waals surface area contributed by atoms with E-state index in [0.717, 1.165) is 17.7 Å². The van der Waals surface area contributed by atoms with E-state index < -0.39 is 17.2 Å². The highest BCUT2D eigenvalue weighted by atomic mass is 19.4. The van der Waals surface area contributed by atoms with Crippen molar-refractivity contribution in [3.63, 3.8) is 0 Å². The molecule has 1 aliphatic heterocycles. The van der Waals surface area contributed by atoms with Crippen LogP contribution in [0.4, 0.5) is 13.2 Å². The van der Waals surface area contributed by atoms with E-state index in [4.69, 9.17) is 9.47 Å². The predicted molar refractivity (Wildman–Crippen MR) is 98.0 cm³/mol. The smallest absolute Gasteiger partial charge is 0.416 e. The zero-order chi connectivity index (χ0) is 20.2. The molecule has 1 aliphatic rings. The van der Waals surface area contributed by atoms with E-state index in [-0.39, 0.29) is 12.5 Å². The van der Waals surface area contributed by atoms with E-state index >= 15 is 0 Å². The monoisotopic (exact) mass is 393 g/mol. The second-order valence-electron chi connectivity index (χ2n) is 6.80. The molecule has 1 fully saturated rings. The van der Waals surface area contributed by atoms with Crippen molar-refractivity contribution in [2.45, 2.75) is 31.0 Å². The van der Waals surface area contributed by atoms with Gasteiger partial charge in [0.2, 0.25) is 5.91 Å². The number of hydrogen-bond acceptors (Lipinski definition) is 3. The lowest BCUT2D eigenvalue weighted by atomic mass is 9.73. The van der Waals surface area contributed by atoms with Crippen LogP contribution in [0.1, 0.15) is 29.5 Å². The molecule has 0 aliphatic carbocycles. The SMILES string of the molecule is COc1ccc(C2(C(=O)NCc3cccc(C(F)(F)F)c3)CCOCC2)cc1. The van der Waals surface area contributed by atoms with Crippen molar-refractivity contribution in [3.8, 4) is 5.75 Å². The number of halogens is 3. The summed E-state index contributed by atoms with van der Waals surface area (Å²) in [5.41, 5.74) is -0.250. The summed E-state index contributed by atoms with van der Waals surface area (Å²) in [4.78, 5) is 13.1. The molecule has 7 heteroatoms. The van der Waals surface area contributed by atoms with Gasteiger partial charge in [-0.2, -0.15) is 13.2 Å². The van der Waals surface area contributed by atoms with Crippen LogP contribution in [-0.2, 0) is 27.7 Å². The maximum atomic E-state index is 13.1. The van der Waals surface area contributed by atoms with Gasteiger partial charge < -0.3 is 14.8 Å². The lowest BCUT2D eigenvalue weighted by molar-refractivity contribution is -0.137.